The molecule has 0 saturated carbocycles. The molecule has 20 heavy (non-hydrogen) atoms. The maximum Gasteiger partial charge on any atom is 0.267 e. The van der Waals surface area contributed by atoms with Gasteiger partial charge in [0.25, 0.3) is 5.91 Å². The average molecular weight is 292 g/mol. The van der Waals surface area contributed by atoms with E-state index in [2.05, 4.69) is 15.8 Å². The van der Waals surface area contributed by atoms with Crippen LogP contribution < -0.4 is 10.9 Å². The first-order valence-corrected chi connectivity index (χ1v) is 6.83. The van der Waals surface area contributed by atoms with Crippen LogP contribution in [0.1, 0.15) is 12.8 Å². The van der Waals surface area contributed by atoms with Crippen LogP contribution in [0.3, 0.4) is 0 Å². The molecule has 1 aromatic carbocycles. The van der Waals surface area contributed by atoms with Gasteiger partial charge in [-0.1, -0.05) is 11.6 Å². The second-order valence-electron chi connectivity index (χ2n) is 4.64. The van der Waals surface area contributed by atoms with Crippen molar-refractivity contribution in [1.29, 1.82) is 0 Å². The van der Waals surface area contributed by atoms with Gasteiger partial charge in [0.1, 0.15) is 6.10 Å². The van der Waals surface area contributed by atoms with Gasteiger partial charge in [0, 0.05) is 23.2 Å². The van der Waals surface area contributed by atoms with Crippen molar-refractivity contribution < 1.29 is 9.53 Å². The highest BCUT2D eigenvalue weighted by Gasteiger charge is 2.23. The van der Waals surface area contributed by atoms with Gasteiger partial charge in [-0.2, -0.15) is 0 Å². The van der Waals surface area contributed by atoms with Crippen molar-refractivity contribution in [2.75, 3.05) is 12.0 Å². The van der Waals surface area contributed by atoms with Crippen molar-refractivity contribution in [1.82, 2.24) is 10.4 Å². The molecule has 0 bridgehead atoms. The van der Waals surface area contributed by atoms with Crippen LogP contribution in [0, 0.1) is 0 Å². The quantitative estimate of drug-likeness (QED) is 0.853. The van der Waals surface area contributed by atoms with E-state index in [0.29, 0.717) is 11.6 Å². The molecule has 1 saturated heterocycles. The number of nitrogens with one attached hydrogen (secondary N) is 2. The largest absolute Gasteiger partial charge is 0.368 e. The fourth-order valence-electron chi connectivity index (χ4n) is 2.22. The van der Waals surface area contributed by atoms with Gasteiger partial charge in [-0.15, -0.1) is 0 Å². The molecule has 0 unspecified atom stereocenters. The third kappa shape index (κ3) is 2.69. The molecule has 5 nitrogen and oxygen atoms in total. The van der Waals surface area contributed by atoms with Gasteiger partial charge in [0.15, 0.2) is 0 Å². The first-order chi connectivity index (χ1) is 9.74. The van der Waals surface area contributed by atoms with E-state index in [9.17, 15) is 4.79 Å². The lowest BCUT2D eigenvalue weighted by atomic mass is 10.2. The zero-order chi connectivity index (χ0) is 13.9. The van der Waals surface area contributed by atoms with Crippen molar-refractivity contribution in [3.8, 4) is 0 Å². The molecule has 1 aromatic heterocycles. The Hall–Kier alpha value is -1.85. The molecule has 2 N–H and O–H groups in total. The average Bonchev–Trinajstić information content (AvgIpc) is 2.98. The van der Waals surface area contributed by atoms with E-state index in [4.69, 9.17) is 16.3 Å². The van der Waals surface area contributed by atoms with E-state index in [1.165, 1.54) is 0 Å². The van der Waals surface area contributed by atoms with Crippen molar-refractivity contribution in [3.05, 3.63) is 35.5 Å². The lowest BCUT2D eigenvalue weighted by molar-refractivity contribution is -0.129. The van der Waals surface area contributed by atoms with Crippen molar-refractivity contribution in [2.45, 2.75) is 18.9 Å². The number of amides is 1. The maximum absolute atomic E-state index is 11.9. The summed E-state index contributed by atoms with van der Waals surface area (Å²) < 4.78 is 5.32. The van der Waals surface area contributed by atoms with Crippen LogP contribution >= 0.6 is 11.6 Å². The number of hydrogen-bond donors (Lipinski definition) is 2. The van der Waals surface area contributed by atoms with E-state index in [1.54, 1.807) is 24.4 Å². The van der Waals surface area contributed by atoms with Gasteiger partial charge in [0.05, 0.1) is 11.2 Å². The molecular weight excluding hydrogens is 278 g/mol. The molecule has 1 fully saturated rings. The highest BCUT2D eigenvalue weighted by Crippen LogP contribution is 2.23. The number of fused-ring (bicyclic) bond motifs is 1. The van der Waals surface area contributed by atoms with Gasteiger partial charge >= 0.3 is 0 Å². The Morgan fingerprint density at radius 2 is 2.30 bits per heavy atom. The molecule has 1 aliphatic heterocycles. The summed E-state index contributed by atoms with van der Waals surface area (Å²) >= 11 is 5.94. The lowest BCUT2D eigenvalue weighted by Crippen LogP contribution is -2.37. The molecule has 2 aromatic rings. The second-order valence-corrected chi connectivity index (χ2v) is 5.07. The molecule has 6 heteroatoms. The lowest BCUT2D eigenvalue weighted by Gasteiger charge is -2.13. The smallest absolute Gasteiger partial charge is 0.267 e. The van der Waals surface area contributed by atoms with Crippen LogP contribution in [0.15, 0.2) is 30.5 Å². The topological polar surface area (TPSA) is 63.2 Å². The van der Waals surface area contributed by atoms with Crippen molar-refractivity contribution >= 4 is 34.1 Å². The molecule has 1 amide bonds. The van der Waals surface area contributed by atoms with E-state index in [0.717, 1.165) is 29.4 Å². The predicted molar refractivity (Wildman–Crippen MR) is 77.5 cm³/mol. The molecule has 0 radical (unpaired) electrons. The summed E-state index contributed by atoms with van der Waals surface area (Å²) in [7, 11) is 0. The summed E-state index contributed by atoms with van der Waals surface area (Å²) in [5.41, 5.74) is 7.14. The zero-order valence-corrected chi connectivity index (χ0v) is 11.5. The van der Waals surface area contributed by atoms with E-state index >= 15 is 0 Å². The Bertz CT molecular complexity index is 641. The van der Waals surface area contributed by atoms with E-state index < -0.39 is 0 Å². The predicted octanol–water partition coefficient (Wildman–Crippen LogP) is 2.51. The van der Waals surface area contributed by atoms with Crippen LogP contribution in [0.4, 0.5) is 5.69 Å². The van der Waals surface area contributed by atoms with Crippen LogP contribution in [-0.2, 0) is 9.53 Å². The molecule has 1 aliphatic rings. The van der Waals surface area contributed by atoms with E-state index in [-0.39, 0.29) is 12.0 Å². The minimum Gasteiger partial charge on any atom is -0.368 e. The number of rotatable bonds is 3. The summed E-state index contributed by atoms with van der Waals surface area (Å²) in [6.07, 6.45) is 3.00. The number of benzene rings is 1. The van der Waals surface area contributed by atoms with Crippen LogP contribution in [0.25, 0.3) is 10.9 Å². The number of carbonyl (C=O) groups excluding carboxylic acids is 1. The molecule has 3 rings (SSSR count). The molecule has 0 spiro atoms. The molecule has 1 atom stereocenters. The number of anilines is 1. The van der Waals surface area contributed by atoms with E-state index in [1.807, 2.05) is 6.07 Å². The summed E-state index contributed by atoms with van der Waals surface area (Å²) in [5.74, 6) is -0.151. The number of carbonyl (C=O) groups is 1. The maximum atomic E-state index is 11.9. The third-order valence-corrected chi connectivity index (χ3v) is 3.48. The highest BCUT2D eigenvalue weighted by atomic mass is 35.5. The van der Waals surface area contributed by atoms with Gasteiger partial charge in [-0.3, -0.25) is 20.6 Å². The minimum atomic E-state index is -0.356. The number of aromatic nitrogens is 1. The van der Waals surface area contributed by atoms with Crippen molar-refractivity contribution in [3.63, 3.8) is 0 Å². The van der Waals surface area contributed by atoms with Gasteiger partial charge < -0.3 is 4.74 Å². The number of halogens is 1. The minimum absolute atomic E-state index is 0.151. The molecule has 2 heterocycles. The molecule has 104 valence electrons. The second kappa shape index (κ2) is 5.64. The number of hydrogen-bond acceptors (Lipinski definition) is 4. The van der Waals surface area contributed by atoms with Gasteiger partial charge in [-0.25, -0.2) is 0 Å². The first-order valence-electron chi connectivity index (χ1n) is 6.46. The molecular formula is C14H14ClN3O2. The summed E-state index contributed by atoms with van der Waals surface area (Å²) in [6.45, 7) is 0.648. The normalized spacial score (nSPS) is 18.1. The van der Waals surface area contributed by atoms with Gasteiger partial charge in [-0.05, 0) is 37.1 Å². The first kappa shape index (κ1) is 13.1. The van der Waals surface area contributed by atoms with Crippen LogP contribution in [0.2, 0.25) is 5.02 Å². The zero-order valence-electron chi connectivity index (χ0n) is 10.7. The molecule has 0 aliphatic carbocycles. The number of hydrazine groups is 1. The third-order valence-electron chi connectivity index (χ3n) is 3.25. The summed E-state index contributed by atoms with van der Waals surface area (Å²) in [4.78, 5) is 16.1. The Morgan fingerprint density at radius 1 is 1.40 bits per heavy atom. The Kier molecular flexibility index (Phi) is 3.71. The Balaban J connectivity index is 1.75. The van der Waals surface area contributed by atoms with Crippen LogP contribution in [0.5, 0.6) is 0 Å². The fourth-order valence-corrected chi connectivity index (χ4v) is 2.39. The SMILES string of the molecule is O=C(NNc1ccnc2cc(Cl)ccc12)[C@@H]1CCCO1. The summed E-state index contributed by atoms with van der Waals surface area (Å²) in [5, 5.41) is 1.52. The Morgan fingerprint density at radius 3 is 3.10 bits per heavy atom. The number of pyridine rings is 1. The standard InChI is InChI=1S/C14H14ClN3O2/c15-9-3-4-10-11(5-6-16-12(10)8-9)17-18-14(19)13-2-1-7-20-13/h3-6,8,13H,1-2,7H2,(H,16,17)(H,18,19)/t13-/m0/s1. The highest BCUT2D eigenvalue weighted by molar-refractivity contribution is 6.31. The van der Waals surface area contributed by atoms with Gasteiger partial charge in [0.2, 0.25) is 0 Å². The fraction of sp³-hybridized carbons (Fsp3) is 0.286. The Labute approximate surface area is 121 Å². The summed E-state index contributed by atoms with van der Waals surface area (Å²) in [6, 6.07) is 7.24. The van der Waals surface area contributed by atoms with Crippen LogP contribution in [-0.4, -0.2) is 23.6 Å². The van der Waals surface area contributed by atoms with Crippen molar-refractivity contribution in [2.24, 2.45) is 0 Å². The monoisotopic (exact) mass is 291 g/mol. The number of nitrogens with zero attached hydrogens (tertiary/aromatic N) is 1. The number of ether oxygens (including phenoxy) is 1.